The van der Waals surface area contributed by atoms with Crippen molar-refractivity contribution in [3.8, 4) is 0 Å². The van der Waals surface area contributed by atoms with Crippen LogP contribution in [-0.2, 0) is 0 Å². The number of hydrazine groups is 3. The second-order valence-corrected chi connectivity index (χ2v) is 10.3. The highest BCUT2D eigenvalue weighted by Gasteiger charge is 2.19. The molecule has 4 rings (SSSR count). The Kier molecular flexibility index (Phi) is 8.78. The average molecular weight is 583 g/mol. The minimum absolute atomic E-state index is 0.159. The molecule has 3 heterocycles. The van der Waals surface area contributed by atoms with E-state index in [1.54, 1.807) is 52.5 Å². The fraction of sp³-hybridized carbons (Fsp3) is 0. The van der Waals surface area contributed by atoms with Crippen LogP contribution in [0.5, 0.6) is 0 Å². The summed E-state index contributed by atoms with van der Waals surface area (Å²) in [5.41, 5.74) is 13.0. The van der Waals surface area contributed by atoms with E-state index in [4.69, 9.17) is 0 Å². The maximum Gasteiger partial charge on any atom is 0.279 e. The molecule has 3 aromatic heterocycles. The number of rotatable bonds is 6. The van der Waals surface area contributed by atoms with Crippen molar-refractivity contribution < 1.29 is 28.8 Å². The van der Waals surface area contributed by atoms with E-state index in [9.17, 15) is 28.8 Å². The fourth-order valence-electron chi connectivity index (χ4n) is 2.99. The summed E-state index contributed by atoms with van der Waals surface area (Å²) in [5, 5.41) is 5.08. The molecule has 0 saturated carbocycles. The lowest BCUT2D eigenvalue weighted by molar-refractivity contribution is 0.0840. The zero-order chi connectivity index (χ0) is 27.8. The van der Waals surface area contributed by atoms with E-state index >= 15 is 0 Å². The van der Waals surface area contributed by atoms with Crippen LogP contribution in [0.2, 0.25) is 0 Å². The first-order valence-corrected chi connectivity index (χ1v) is 13.5. The largest absolute Gasteiger partial charge is 0.279 e. The Bertz CT molecular complexity index is 1320. The minimum atomic E-state index is -0.825. The van der Waals surface area contributed by atoms with Gasteiger partial charge in [0, 0.05) is 16.7 Å². The molecule has 0 aliphatic carbocycles. The Morgan fingerprint density at radius 2 is 0.667 bits per heavy atom. The Hall–Kier alpha value is -4.86. The predicted octanol–water partition coefficient (Wildman–Crippen LogP) is 2.10. The van der Waals surface area contributed by atoms with Crippen molar-refractivity contribution in [1.29, 1.82) is 0 Å². The highest BCUT2D eigenvalue weighted by Crippen LogP contribution is 2.13. The normalized spacial score (nSPS) is 10.2. The predicted molar refractivity (Wildman–Crippen MR) is 144 cm³/mol. The van der Waals surface area contributed by atoms with Crippen LogP contribution in [0.1, 0.15) is 60.1 Å². The van der Waals surface area contributed by atoms with Crippen LogP contribution in [0, 0.1) is 0 Å². The second kappa shape index (κ2) is 12.6. The topological polar surface area (TPSA) is 175 Å². The Morgan fingerprint density at radius 1 is 0.410 bits per heavy atom. The van der Waals surface area contributed by atoms with Gasteiger partial charge in [-0.1, -0.05) is 18.2 Å². The highest BCUT2D eigenvalue weighted by atomic mass is 32.1. The number of thiophene rings is 3. The van der Waals surface area contributed by atoms with E-state index in [1.165, 1.54) is 52.2 Å². The number of carbonyl (C=O) groups is 6. The van der Waals surface area contributed by atoms with Gasteiger partial charge in [0.2, 0.25) is 0 Å². The van der Waals surface area contributed by atoms with Gasteiger partial charge >= 0.3 is 0 Å². The Balaban J connectivity index is 1.50. The molecule has 1 aromatic carbocycles. The maximum atomic E-state index is 12.8. The molecule has 12 nitrogen and oxygen atoms in total. The second-order valence-electron chi connectivity index (χ2n) is 7.46. The Labute approximate surface area is 232 Å². The molecule has 15 heteroatoms. The monoisotopic (exact) mass is 582 g/mol. The molecule has 0 aliphatic heterocycles. The van der Waals surface area contributed by atoms with E-state index < -0.39 is 35.4 Å². The maximum absolute atomic E-state index is 12.8. The lowest BCUT2D eigenvalue weighted by atomic mass is 10.0. The SMILES string of the molecule is O=C(NNC(=O)c1cccs1)c1cc(C(=O)NNC(=O)c2cccs2)cc(C(=O)NNC(=O)c2cccs2)c1. The molecule has 0 spiro atoms. The third-order valence-corrected chi connectivity index (χ3v) is 7.43. The van der Waals surface area contributed by atoms with Gasteiger partial charge in [-0.25, -0.2) is 0 Å². The third-order valence-electron chi connectivity index (χ3n) is 4.82. The van der Waals surface area contributed by atoms with Crippen LogP contribution in [0.4, 0.5) is 0 Å². The van der Waals surface area contributed by atoms with Gasteiger partial charge in [-0.05, 0) is 52.5 Å². The first-order chi connectivity index (χ1) is 18.8. The number of carbonyl (C=O) groups excluding carboxylic acids is 6. The molecule has 0 aliphatic rings. The summed E-state index contributed by atoms with van der Waals surface area (Å²) < 4.78 is 0. The summed E-state index contributed by atoms with van der Waals surface area (Å²) in [6.07, 6.45) is 0. The minimum Gasteiger partial charge on any atom is -0.267 e. The van der Waals surface area contributed by atoms with Crippen molar-refractivity contribution in [3.05, 3.63) is 102 Å². The standard InChI is InChI=1S/C24H18N6O6S3/c31-19(25-28-22(34)16-4-1-7-37-16)13-10-14(20(32)26-29-23(35)17-5-2-8-38-17)12-15(11-13)21(33)27-30-24(36)18-6-3-9-39-18/h1-12H,(H,25,31)(H,26,32)(H,27,33)(H,28,34)(H,29,35)(H,30,36). The van der Waals surface area contributed by atoms with Crippen LogP contribution >= 0.6 is 34.0 Å². The molecule has 198 valence electrons. The van der Waals surface area contributed by atoms with Gasteiger partial charge < -0.3 is 0 Å². The molecule has 0 bridgehead atoms. The smallest absolute Gasteiger partial charge is 0.267 e. The summed E-state index contributed by atoms with van der Waals surface area (Å²) in [7, 11) is 0. The van der Waals surface area contributed by atoms with Crippen molar-refractivity contribution >= 4 is 69.5 Å². The number of benzene rings is 1. The molecule has 0 radical (unpaired) electrons. The third kappa shape index (κ3) is 7.13. The van der Waals surface area contributed by atoms with Gasteiger partial charge in [0.25, 0.3) is 35.4 Å². The molecule has 0 unspecified atom stereocenters. The van der Waals surface area contributed by atoms with Crippen molar-refractivity contribution in [2.24, 2.45) is 0 Å². The molecule has 0 fully saturated rings. The zero-order valence-corrected chi connectivity index (χ0v) is 22.1. The molecule has 0 saturated heterocycles. The molecule has 0 atom stereocenters. The van der Waals surface area contributed by atoms with E-state index in [2.05, 4.69) is 32.6 Å². The van der Waals surface area contributed by atoms with E-state index in [-0.39, 0.29) is 16.7 Å². The molecular weight excluding hydrogens is 565 g/mol. The van der Waals surface area contributed by atoms with Gasteiger partial charge in [0.15, 0.2) is 0 Å². The lowest BCUT2D eigenvalue weighted by Crippen LogP contribution is -2.43. The zero-order valence-electron chi connectivity index (χ0n) is 19.6. The van der Waals surface area contributed by atoms with Gasteiger partial charge in [-0.3, -0.25) is 61.3 Å². The summed E-state index contributed by atoms with van der Waals surface area (Å²) in [5.74, 6) is -4.15. The summed E-state index contributed by atoms with van der Waals surface area (Å²) >= 11 is 3.50. The first-order valence-electron chi connectivity index (χ1n) is 10.9. The van der Waals surface area contributed by atoms with Crippen molar-refractivity contribution in [1.82, 2.24) is 32.6 Å². The number of hydrogen-bond donors (Lipinski definition) is 6. The summed E-state index contributed by atoms with van der Waals surface area (Å²) in [6.45, 7) is 0. The molecule has 6 amide bonds. The first kappa shape index (κ1) is 27.2. The van der Waals surface area contributed by atoms with Crippen molar-refractivity contribution in [3.63, 3.8) is 0 Å². The molecule has 6 N–H and O–H groups in total. The van der Waals surface area contributed by atoms with Gasteiger partial charge in [0.1, 0.15) is 0 Å². The number of amides is 6. The van der Waals surface area contributed by atoms with E-state index in [0.29, 0.717) is 14.6 Å². The van der Waals surface area contributed by atoms with Crippen molar-refractivity contribution in [2.45, 2.75) is 0 Å². The number of hydrogen-bond acceptors (Lipinski definition) is 9. The molecule has 39 heavy (non-hydrogen) atoms. The summed E-state index contributed by atoms with van der Waals surface area (Å²) in [6, 6.07) is 13.2. The van der Waals surface area contributed by atoms with Crippen LogP contribution in [0.3, 0.4) is 0 Å². The summed E-state index contributed by atoms with van der Waals surface area (Å²) in [4.78, 5) is 75.9. The quantitative estimate of drug-likeness (QED) is 0.190. The highest BCUT2D eigenvalue weighted by molar-refractivity contribution is 7.12. The van der Waals surface area contributed by atoms with E-state index in [1.807, 2.05) is 0 Å². The Morgan fingerprint density at radius 3 is 0.897 bits per heavy atom. The van der Waals surface area contributed by atoms with Gasteiger partial charge in [0.05, 0.1) is 14.6 Å². The van der Waals surface area contributed by atoms with Crippen LogP contribution < -0.4 is 32.6 Å². The fourth-order valence-corrected chi connectivity index (χ4v) is 4.84. The van der Waals surface area contributed by atoms with Crippen LogP contribution in [-0.4, -0.2) is 35.4 Å². The van der Waals surface area contributed by atoms with Crippen LogP contribution in [0.25, 0.3) is 0 Å². The van der Waals surface area contributed by atoms with Gasteiger partial charge in [-0.15, -0.1) is 34.0 Å². The van der Waals surface area contributed by atoms with Crippen LogP contribution in [0.15, 0.2) is 70.7 Å². The molecule has 4 aromatic rings. The lowest BCUT2D eigenvalue weighted by Gasteiger charge is -2.12. The molecular formula is C24H18N6O6S3. The number of nitrogens with one attached hydrogen (secondary N) is 6. The van der Waals surface area contributed by atoms with Crippen molar-refractivity contribution in [2.75, 3.05) is 0 Å². The van der Waals surface area contributed by atoms with E-state index in [0.717, 1.165) is 0 Å². The average Bonchev–Trinajstić information content (AvgIpc) is 3.76. The van der Waals surface area contributed by atoms with Gasteiger partial charge in [-0.2, -0.15) is 0 Å².